The molecule has 2 rings (SSSR count). The van der Waals surface area contributed by atoms with Crippen molar-refractivity contribution in [2.75, 3.05) is 25.0 Å². The summed E-state index contributed by atoms with van der Waals surface area (Å²) < 4.78 is 0. The second-order valence-electron chi connectivity index (χ2n) is 4.82. The summed E-state index contributed by atoms with van der Waals surface area (Å²) in [6, 6.07) is 2.22. The van der Waals surface area contributed by atoms with Crippen molar-refractivity contribution in [2.24, 2.45) is 5.73 Å². The minimum Gasteiger partial charge on any atom is -0.369 e. The number of hydrogen-bond acceptors (Lipinski definition) is 5. The zero-order chi connectivity index (χ0) is 13.8. The van der Waals surface area contributed by atoms with Crippen LogP contribution in [-0.2, 0) is 4.79 Å². The zero-order valence-corrected chi connectivity index (χ0v) is 11.7. The summed E-state index contributed by atoms with van der Waals surface area (Å²) in [5, 5.41) is 3.62. The van der Waals surface area contributed by atoms with Crippen molar-refractivity contribution in [3.05, 3.63) is 17.0 Å². The number of hydrogen-bond donors (Lipinski definition) is 2. The number of piperidine rings is 1. The molecule has 19 heavy (non-hydrogen) atoms. The number of amides is 1. The van der Waals surface area contributed by atoms with Crippen LogP contribution in [0.15, 0.2) is 6.07 Å². The summed E-state index contributed by atoms with van der Waals surface area (Å²) in [5.41, 5.74) is 6.03. The maximum absolute atomic E-state index is 10.8. The molecular formula is C12H18ClN5O. The fraction of sp³-hybridized carbons (Fsp3) is 0.583. The van der Waals surface area contributed by atoms with Gasteiger partial charge >= 0.3 is 0 Å². The van der Waals surface area contributed by atoms with E-state index in [0.29, 0.717) is 12.6 Å². The van der Waals surface area contributed by atoms with E-state index in [1.807, 2.05) is 13.0 Å². The average molecular weight is 284 g/mol. The lowest BCUT2D eigenvalue weighted by atomic mass is 10.1. The average Bonchev–Trinajstić information content (AvgIpc) is 2.29. The zero-order valence-electron chi connectivity index (χ0n) is 10.9. The second kappa shape index (κ2) is 6.16. The molecule has 0 aliphatic carbocycles. The Hall–Kier alpha value is -1.40. The number of aromatic nitrogens is 2. The molecule has 1 saturated heterocycles. The molecule has 1 fully saturated rings. The van der Waals surface area contributed by atoms with E-state index in [0.717, 1.165) is 37.4 Å². The Morgan fingerprint density at radius 1 is 1.53 bits per heavy atom. The van der Waals surface area contributed by atoms with Crippen LogP contribution in [0.25, 0.3) is 0 Å². The highest BCUT2D eigenvalue weighted by atomic mass is 35.5. The number of rotatable bonds is 4. The van der Waals surface area contributed by atoms with Gasteiger partial charge < -0.3 is 11.1 Å². The van der Waals surface area contributed by atoms with Gasteiger partial charge in [0.2, 0.25) is 11.2 Å². The van der Waals surface area contributed by atoms with E-state index in [1.54, 1.807) is 0 Å². The van der Waals surface area contributed by atoms with Gasteiger partial charge in [0.1, 0.15) is 5.82 Å². The fourth-order valence-corrected chi connectivity index (χ4v) is 2.50. The summed E-state index contributed by atoms with van der Waals surface area (Å²) in [4.78, 5) is 21.1. The van der Waals surface area contributed by atoms with Gasteiger partial charge in [0.05, 0.1) is 6.54 Å². The van der Waals surface area contributed by atoms with Crippen molar-refractivity contribution >= 4 is 23.3 Å². The van der Waals surface area contributed by atoms with Gasteiger partial charge in [0.15, 0.2) is 0 Å². The van der Waals surface area contributed by atoms with E-state index in [-0.39, 0.29) is 11.2 Å². The highest BCUT2D eigenvalue weighted by Crippen LogP contribution is 2.16. The van der Waals surface area contributed by atoms with Gasteiger partial charge in [-0.1, -0.05) is 0 Å². The molecule has 2 heterocycles. The molecule has 1 aliphatic rings. The summed E-state index contributed by atoms with van der Waals surface area (Å²) in [7, 11) is 0. The SMILES string of the molecule is Cc1cc(NC2CCN(CC(N)=O)CC2)nc(Cl)n1. The third kappa shape index (κ3) is 4.33. The van der Waals surface area contributed by atoms with Crippen molar-refractivity contribution < 1.29 is 4.79 Å². The third-order valence-corrected chi connectivity index (χ3v) is 3.31. The molecule has 6 nitrogen and oxygen atoms in total. The lowest BCUT2D eigenvalue weighted by molar-refractivity contribution is -0.119. The van der Waals surface area contributed by atoms with Gasteiger partial charge in [-0.15, -0.1) is 0 Å². The number of anilines is 1. The number of nitrogens with zero attached hydrogens (tertiary/aromatic N) is 3. The molecule has 0 radical (unpaired) electrons. The third-order valence-electron chi connectivity index (χ3n) is 3.15. The second-order valence-corrected chi connectivity index (χ2v) is 5.16. The van der Waals surface area contributed by atoms with Crippen molar-refractivity contribution in [3.63, 3.8) is 0 Å². The van der Waals surface area contributed by atoms with Gasteiger partial charge in [-0.2, -0.15) is 0 Å². The Balaban J connectivity index is 1.86. The predicted octanol–water partition coefficient (Wildman–Crippen LogP) is 0.800. The van der Waals surface area contributed by atoms with Crippen LogP contribution in [-0.4, -0.2) is 46.5 Å². The summed E-state index contributed by atoms with van der Waals surface area (Å²) in [6.45, 7) is 3.94. The maximum atomic E-state index is 10.8. The standard InChI is InChI=1S/C12H18ClN5O/c1-8-6-11(17-12(13)15-8)16-9-2-4-18(5-3-9)7-10(14)19/h6,9H,2-5,7H2,1H3,(H2,14,19)(H,15,16,17). The predicted molar refractivity (Wildman–Crippen MR) is 74.1 cm³/mol. The molecule has 1 amide bonds. The quantitative estimate of drug-likeness (QED) is 0.799. The maximum Gasteiger partial charge on any atom is 0.231 e. The van der Waals surface area contributed by atoms with Gasteiger partial charge in [-0.05, 0) is 31.4 Å². The normalized spacial score (nSPS) is 17.4. The van der Waals surface area contributed by atoms with Crippen LogP contribution in [0.4, 0.5) is 5.82 Å². The first-order chi connectivity index (χ1) is 9.02. The van der Waals surface area contributed by atoms with Gasteiger partial charge in [-0.3, -0.25) is 9.69 Å². The van der Waals surface area contributed by atoms with Crippen LogP contribution in [0.2, 0.25) is 5.28 Å². The topological polar surface area (TPSA) is 84.1 Å². The number of nitrogens with two attached hydrogens (primary N) is 1. The highest BCUT2D eigenvalue weighted by Gasteiger charge is 2.20. The van der Waals surface area contributed by atoms with Crippen LogP contribution in [0, 0.1) is 6.92 Å². The molecule has 3 N–H and O–H groups in total. The number of carbonyl (C=O) groups is 1. The Bertz CT molecular complexity index is 439. The first-order valence-electron chi connectivity index (χ1n) is 6.31. The van der Waals surface area contributed by atoms with E-state index < -0.39 is 0 Å². The van der Waals surface area contributed by atoms with Crippen molar-refractivity contribution in [1.82, 2.24) is 14.9 Å². The van der Waals surface area contributed by atoms with Crippen LogP contribution in [0.5, 0.6) is 0 Å². The molecule has 0 aromatic carbocycles. The van der Waals surface area contributed by atoms with Crippen molar-refractivity contribution in [1.29, 1.82) is 0 Å². The molecule has 0 spiro atoms. The Morgan fingerprint density at radius 2 is 2.21 bits per heavy atom. The number of nitrogens with one attached hydrogen (secondary N) is 1. The fourth-order valence-electron chi connectivity index (χ4n) is 2.27. The molecule has 7 heteroatoms. The molecule has 1 aromatic rings. The van der Waals surface area contributed by atoms with Crippen molar-refractivity contribution in [2.45, 2.75) is 25.8 Å². The Kier molecular flexibility index (Phi) is 4.55. The van der Waals surface area contributed by atoms with Crippen LogP contribution in [0.1, 0.15) is 18.5 Å². The first-order valence-corrected chi connectivity index (χ1v) is 6.69. The van der Waals surface area contributed by atoms with Crippen LogP contribution >= 0.6 is 11.6 Å². The van der Waals surface area contributed by atoms with Crippen molar-refractivity contribution in [3.8, 4) is 0 Å². The lowest BCUT2D eigenvalue weighted by Gasteiger charge is -2.31. The Morgan fingerprint density at radius 3 is 2.79 bits per heavy atom. The van der Waals surface area contributed by atoms with E-state index >= 15 is 0 Å². The van der Waals surface area contributed by atoms with Gasteiger partial charge in [0, 0.05) is 30.9 Å². The van der Waals surface area contributed by atoms with Crippen LogP contribution < -0.4 is 11.1 Å². The molecular weight excluding hydrogens is 266 g/mol. The molecule has 1 aromatic heterocycles. The number of likely N-dealkylation sites (tertiary alicyclic amines) is 1. The molecule has 0 saturated carbocycles. The van der Waals surface area contributed by atoms with Gasteiger partial charge in [-0.25, -0.2) is 9.97 Å². The number of halogens is 1. The number of carbonyl (C=O) groups excluding carboxylic acids is 1. The monoisotopic (exact) mass is 283 g/mol. The lowest BCUT2D eigenvalue weighted by Crippen LogP contribution is -2.43. The molecule has 0 atom stereocenters. The summed E-state index contributed by atoms with van der Waals surface area (Å²) >= 11 is 5.83. The number of primary amides is 1. The largest absolute Gasteiger partial charge is 0.369 e. The molecule has 0 bridgehead atoms. The van der Waals surface area contributed by atoms with E-state index in [4.69, 9.17) is 17.3 Å². The molecule has 0 unspecified atom stereocenters. The first kappa shape index (κ1) is 14.0. The van der Waals surface area contributed by atoms with Gasteiger partial charge in [0.25, 0.3) is 0 Å². The highest BCUT2D eigenvalue weighted by molar-refractivity contribution is 6.28. The molecule has 1 aliphatic heterocycles. The Labute approximate surface area is 117 Å². The smallest absolute Gasteiger partial charge is 0.231 e. The van der Waals surface area contributed by atoms with Crippen LogP contribution in [0.3, 0.4) is 0 Å². The molecule has 104 valence electrons. The van der Waals surface area contributed by atoms with E-state index in [1.165, 1.54) is 0 Å². The summed E-state index contributed by atoms with van der Waals surface area (Å²) in [5.74, 6) is 0.482. The minimum atomic E-state index is -0.274. The van der Waals surface area contributed by atoms with E-state index in [9.17, 15) is 4.79 Å². The number of aryl methyl sites for hydroxylation is 1. The summed E-state index contributed by atoms with van der Waals surface area (Å²) in [6.07, 6.45) is 1.90. The minimum absolute atomic E-state index is 0.258. The van der Waals surface area contributed by atoms with E-state index in [2.05, 4.69) is 20.2 Å².